The van der Waals surface area contributed by atoms with Gasteiger partial charge in [-0.15, -0.1) is 0 Å². The molecule has 1 amide bonds. The van der Waals surface area contributed by atoms with Crippen molar-refractivity contribution in [3.63, 3.8) is 0 Å². The quantitative estimate of drug-likeness (QED) is 0.832. The standard InChI is InChI=1S/C16H18BrNO2/c17-16(15-10-3-1-2-4-11(10)15)9-5-6-13-12(7-9)18-14(19)8-20-13/h5-7,10-11,15-16H,1-4,8H2,(H,18,19). The second-order valence-corrected chi connectivity index (χ2v) is 7.17. The number of benzene rings is 1. The van der Waals surface area contributed by atoms with Crippen molar-refractivity contribution in [2.24, 2.45) is 17.8 Å². The maximum atomic E-state index is 11.4. The molecule has 0 radical (unpaired) electrons. The lowest BCUT2D eigenvalue weighted by Crippen LogP contribution is -2.25. The van der Waals surface area contributed by atoms with Crippen molar-refractivity contribution in [2.75, 3.05) is 11.9 Å². The van der Waals surface area contributed by atoms with E-state index in [0.717, 1.165) is 29.2 Å². The van der Waals surface area contributed by atoms with Gasteiger partial charge in [-0.2, -0.15) is 0 Å². The zero-order valence-electron chi connectivity index (χ0n) is 11.3. The molecule has 20 heavy (non-hydrogen) atoms. The third-order valence-corrected chi connectivity index (χ3v) is 6.15. The first-order chi connectivity index (χ1) is 9.74. The SMILES string of the molecule is O=C1COc2ccc(C(Br)C3C4CCCCC43)cc2N1. The average Bonchev–Trinajstić information content (AvgIpc) is 3.20. The van der Waals surface area contributed by atoms with Crippen LogP contribution in [0.2, 0.25) is 0 Å². The first kappa shape index (κ1) is 12.7. The van der Waals surface area contributed by atoms with Crippen molar-refractivity contribution in [3.8, 4) is 5.75 Å². The molecule has 3 atom stereocenters. The van der Waals surface area contributed by atoms with Gasteiger partial charge in [0.25, 0.3) is 5.91 Å². The fraction of sp³-hybridized carbons (Fsp3) is 0.562. The molecule has 1 N–H and O–H groups in total. The van der Waals surface area contributed by atoms with Crippen molar-refractivity contribution in [3.05, 3.63) is 23.8 Å². The third-order valence-electron chi connectivity index (χ3n) is 5.02. The van der Waals surface area contributed by atoms with Crippen LogP contribution in [0.25, 0.3) is 0 Å². The van der Waals surface area contributed by atoms with Gasteiger partial charge >= 0.3 is 0 Å². The van der Waals surface area contributed by atoms with Crippen LogP contribution >= 0.6 is 15.9 Å². The molecule has 0 saturated heterocycles. The van der Waals surface area contributed by atoms with E-state index >= 15 is 0 Å². The Morgan fingerprint density at radius 2 is 2.00 bits per heavy atom. The molecule has 1 heterocycles. The summed E-state index contributed by atoms with van der Waals surface area (Å²) in [5.74, 6) is 3.31. The number of amides is 1. The van der Waals surface area contributed by atoms with E-state index in [0.29, 0.717) is 4.83 Å². The summed E-state index contributed by atoms with van der Waals surface area (Å²) in [5.41, 5.74) is 2.07. The number of carbonyl (C=O) groups excluding carboxylic acids is 1. The molecule has 4 rings (SSSR count). The topological polar surface area (TPSA) is 38.3 Å². The maximum Gasteiger partial charge on any atom is 0.262 e. The van der Waals surface area contributed by atoms with Crippen LogP contribution in [0.15, 0.2) is 18.2 Å². The van der Waals surface area contributed by atoms with Crippen LogP contribution in [0, 0.1) is 17.8 Å². The predicted molar refractivity (Wildman–Crippen MR) is 81.2 cm³/mol. The van der Waals surface area contributed by atoms with Crippen LogP contribution in [0.5, 0.6) is 5.75 Å². The molecule has 2 fully saturated rings. The van der Waals surface area contributed by atoms with Gasteiger partial charge in [0, 0.05) is 4.83 Å². The second kappa shape index (κ2) is 4.76. The van der Waals surface area contributed by atoms with Crippen LogP contribution in [0.3, 0.4) is 0 Å². The number of carbonyl (C=O) groups is 1. The number of halogens is 1. The second-order valence-electron chi connectivity index (χ2n) is 6.18. The van der Waals surface area contributed by atoms with Gasteiger partial charge in [-0.1, -0.05) is 34.8 Å². The Morgan fingerprint density at radius 1 is 1.25 bits per heavy atom. The van der Waals surface area contributed by atoms with Gasteiger partial charge in [-0.3, -0.25) is 4.79 Å². The number of fused-ring (bicyclic) bond motifs is 2. The smallest absolute Gasteiger partial charge is 0.262 e. The van der Waals surface area contributed by atoms with Crippen molar-refractivity contribution in [2.45, 2.75) is 30.5 Å². The Morgan fingerprint density at radius 3 is 2.75 bits per heavy atom. The Kier molecular flexibility index (Phi) is 3.02. The largest absolute Gasteiger partial charge is 0.482 e. The molecular weight excluding hydrogens is 318 g/mol. The van der Waals surface area contributed by atoms with Crippen LogP contribution < -0.4 is 10.1 Å². The number of ether oxygens (including phenoxy) is 1. The zero-order chi connectivity index (χ0) is 13.7. The molecule has 3 unspecified atom stereocenters. The van der Waals surface area contributed by atoms with Crippen LogP contribution in [0.1, 0.15) is 36.1 Å². The normalized spacial score (nSPS) is 32.5. The van der Waals surface area contributed by atoms with E-state index in [1.165, 1.54) is 31.2 Å². The van der Waals surface area contributed by atoms with Crippen molar-refractivity contribution < 1.29 is 9.53 Å². The molecule has 0 aromatic heterocycles. The molecule has 3 nitrogen and oxygen atoms in total. The van der Waals surface area contributed by atoms with E-state index < -0.39 is 0 Å². The molecular formula is C16H18BrNO2. The first-order valence-corrected chi connectivity index (χ1v) is 8.36. The minimum Gasteiger partial charge on any atom is -0.482 e. The van der Waals surface area contributed by atoms with Crippen molar-refractivity contribution >= 4 is 27.5 Å². The van der Waals surface area contributed by atoms with Gasteiger partial charge in [0.15, 0.2) is 6.61 Å². The minimum atomic E-state index is -0.0686. The summed E-state index contributed by atoms with van der Waals surface area (Å²) in [7, 11) is 0. The third kappa shape index (κ3) is 2.05. The molecule has 1 aromatic rings. The van der Waals surface area contributed by atoms with Gasteiger partial charge in [0.05, 0.1) is 5.69 Å². The molecule has 3 aliphatic rings. The van der Waals surface area contributed by atoms with Gasteiger partial charge in [0.2, 0.25) is 0 Å². The monoisotopic (exact) mass is 335 g/mol. The predicted octanol–water partition coefficient (Wildman–Crippen LogP) is 3.89. The Balaban J connectivity index is 1.56. The van der Waals surface area contributed by atoms with Crippen LogP contribution in [-0.4, -0.2) is 12.5 Å². The summed E-state index contributed by atoms with van der Waals surface area (Å²) < 4.78 is 5.41. The lowest BCUT2D eigenvalue weighted by Gasteiger charge is -2.20. The highest BCUT2D eigenvalue weighted by molar-refractivity contribution is 9.09. The molecule has 1 aromatic carbocycles. The van der Waals surface area contributed by atoms with Crippen molar-refractivity contribution in [1.82, 2.24) is 0 Å². The highest BCUT2D eigenvalue weighted by Gasteiger charge is 2.53. The summed E-state index contributed by atoms with van der Waals surface area (Å²) in [6, 6.07) is 6.17. The fourth-order valence-corrected chi connectivity index (χ4v) is 5.05. The number of hydrogen-bond acceptors (Lipinski definition) is 2. The van der Waals surface area contributed by atoms with E-state index in [2.05, 4.69) is 33.4 Å². The summed E-state index contributed by atoms with van der Waals surface area (Å²) >= 11 is 3.89. The number of hydrogen-bond donors (Lipinski definition) is 1. The van der Waals surface area contributed by atoms with E-state index in [-0.39, 0.29) is 12.5 Å². The van der Waals surface area contributed by atoms with Gasteiger partial charge in [-0.25, -0.2) is 0 Å². The van der Waals surface area contributed by atoms with Crippen LogP contribution in [-0.2, 0) is 4.79 Å². The highest BCUT2D eigenvalue weighted by Crippen LogP contribution is 2.62. The lowest BCUT2D eigenvalue weighted by atomic mass is 10.0. The number of rotatable bonds is 2. The summed E-state index contributed by atoms with van der Waals surface area (Å²) in [5, 5.41) is 2.89. The summed E-state index contributed by atoms with van der Waals surface area (Å²) in [6.07, 6.45) is 5.57. The van der Waals surface area contributed by atoms with Crippen LogP contribution in [0.4, 0.5) is 5.69 Å². The van der Waals surface area contributed by atoms with Crippen molar-refractivity contribution in [1.29, 1.82) is 0 Å². The Labute approximate surface area is 127 Å². The molecule has 106 valence electrons. The molecule has 0 spiro atoms. The Hall–Kier alpha value is -1.03. The zero-order valence-corrected chi connectivity index (χ0v) is 12.9. The van der Waals surface area contributed by atoms with Gasteiger partial charge < -0.3 is 10.1 Å². The average molecular weight is 336 g/mol. The summed E-state index contributed by atoms with van der Waals surface area (Å²) in [6.45, 7) is 0.122. The van der Waals surface area contributed by atoms with E-state index in [4.69, 9.17) is 4.74 Å². The molecule has 2 saturated carbocycles. The van der Waals surface area contributed by atoms with E-state index in [9.17, 15) is 4.79 Å². The molecule has 2 aliphatic carbocycles. The number of alkyl halides is 1. The maximum absolute atomic E-state index is 11.4. The van der Waals surface area contributed by atoms with E-state index in [1.807, 2.05) is 6.07 Å². The number of nitrogens with one attached hydrogen (secondary N) is 1. The lowest BCUT2D eigenvalue weighted by molar-refractivity contribution is -0.118. The molecule has 4 heteroatoms. The van der Waals surface area contributed by atoms with Gasteiger partial charge in [-0.05, 0) is 48.3 Å². The first-order valence-electron chi connectivity index (χ1n) is 7.45. The molecule has 1 aliphatic heterocycles. The Bertz CT molecular complexity index is 547. The number of anilines is 1. The van der Waals surface area contributed by atoms with Gasteiger partial charge in [0.1, 0.15) is 5.75 Å². The highest BCUT2D eigenvalue weighted by atomic mass is 79.9. The molecule has 0 bridgehead atoms. The minimum absolute atomic E-state index is 0.0686. The summed E-state index contributed by atoms with van der Waals surface area (Å²) in [4.78, 5) is 11.8. The van der Waals surface area contributed by atoms with E-state index in [1.54, 1.807) is 0 Å². The fourth-order valence-electron chi connectivity index (χ4n) is 3.98.